The highest BCUT2D eigenvalue weighted by Crippen LogP contribution is 2.27. The Labute approximate surface area is 107 Å². The lowest BCUT2D eigenvalue weighted by Gasteiger charge is -2.28. The van der Waals surface area contributed by atoms with E-state index >= 15 is 0 Å². The number of aromatic nitrogens is 1. The Morgan fingerprint density at radius 3 is 2.72 bits per heavy atom. The molecule has 0 radical (unpaired) electrons. The normalized spacial score (nSPS) is 14.2. The lowest BCUT2D eigenvalue weighted by atomic mass is 9.77. The van der Waals surface area contributed by atoms with Crippen LogP contribution < -0.4 is 5.73 Å². The smallest absolute Gasteiger partial charge is 0.123 e. The zero-order chi connectivity index (χ0) is 13.0. The first-order chi connectivity index (χ1) is 8.64. The van der Waals surface area contributed by atoms with Crippen LogP contribution in [-0.2, 0) is 11.8 Å². The number of hydrogen-bond donors (Lipinski definition) is 1. The van der Waals surface area contributed by atoms with Gasteiger partial charge in [-0.2, -0.15) is 0 Å². The highest BCUT2D eigenvalue weighted by molar-refractivity contribution is 5.29. The molecule has 1 atom stereocenters. The largest absolute Gasteiger partial charge is 0.330 e. The molecule has 0 saturated carbocycles. The molecule has 0 aliphatic heterocycles. The predicted molar refractivity (Wildman–Crippen MR) is 70.7 cm³/mol. The summed E-state index contributed by atoms with van der Waals surface area (Å²) in [6.45, 7) is 2.51. The molecular formula is C15H17FN2. The third-order valence-corrected chi connectivity index (χ3v) is 3.29. The fraction of sp³-hybridized carbons (Fsp3) is 0.267. The van der Waals surface area contributed by atoms with Gasteiger partial charge in [0.05, 0.1) is 0 Å². The van der Waals surface area contributed by atoms with Crippen LogP contribution in [0, 0.1) is 5.82 Å². The van der Waals surface area contributed by atoms with Crippen LogP contribution in [0.5, 0.6) is 0 Å². The molecule has 3 heteroatoms. The lowest BCUT2D eigenvalue weighted by molar-refractivity contribution is 0.476. The third-order valence-electron chi connectivity index (χ3n) is 3.29. The maximum atomic E-state index is 13.3. The number of halogens is 1. The van der Waals surface area contributed by atoms with Gasteiger partial charge in [0, 0.05) is 24.4 Å². The molecule has 0 aliphatic carbocycles. The second-order valence-electron chi connectivity index (χ2n) is 4.81. The van der Waals surface area contributed by atoms with Crippen LogP contribution in [0.1, 0.15) is 18.1 Å². The van der Waals surface area contributed by atoms with Crippen molar-refractivity contribution < 1.29 is 4.39 Å². The minimum Gasteiger partial charge on any atom is -0.330 e. The van der Waals surface area contributed by atoms with E-state index in [2.05, 4.69) is 11.9 Å². The topological polar surface area (TPSA) is 38.9 Å². The summed E-state index contributed by atoms with van der Waals surface area (Å²) >= 11 is 0. The van der Waals surface area contributed by atoms with Gasteiger partial charge in [-0.1, -0.05) is 25.1 Å². The first kappa shape index (κ1) is 12.7. The van der Waals surface area contributed by atoms with E-state index in [1.807, 2.05) is 24.4 Å². The maximum absolute atomic E-state index is 13.3. The summed E-state index contributed by atoms with van der Waals surface area (Å²) in [5.41, 5.74) is 7.65. The maximum Gasteiger partial charge on any atom is 0.123 e. The quantitative estimate of drug-likeness (QED) is 0.898. The highest BCUT2D eigenvalue weighted by Gasteiger charge is 2.25. The summed E-state index contributed by atoms with van der Waals surface area (Å²) in [6.07, 6.45) is 4.32. The summed E-state index contributed by atoms with van der Waals surface area (Å²) in [5.74, 6) is -0.224. The molecule has 0 fully saturated rings. The third kappa shape index (κ3) is 2.74. The number of pyridine rings is 1. The van der Waals surface area contributed by atoms with Crippen LogP contribution in [-0.4, -0.2) is 11.5 Å². The van der Waals surface area contributed by atoms with E-state index in [1.165, 1.54) is 6.07 Å². The Morgan fingerprint density at radius 1 is 1.28 bits per heavy atom. The summed E-state index contributed by atoms with van der Waals surface area (Å²) in [7, 11) is 0. The van der Waals surface area contributed by atoms with E-state index in [0.717, 1.165) is 17.5 Å². The van der Waals surface area contributed by atoms with Crippen molar-refractivity contribution in [3.05, 3.63) is 65.7 Å². The summed E-state index contributed by atoms with van der Waals surface area (Å²) in [6, 6.07) is 10.6. The SMILES string of the molecule is CC(CN)(Cc1cccnc1)c1cccc(F)c1. The van der Waals surface area contributed by atoms with Crippen molar-refractivity contribution in [3.8, 4) is 0 Å². The average Bonchev–Trinajstić information content (AvgIpc) is 2.40. The molecule has 0 saturated heterocycles. The molecule has 2 nitrogen and oxygen atoms in total. The van der Waals surface area contributed by atoms with E-state index in [4.69, 9.17) is 5.73 Å². The Kier molecular flexibility index (Phi) is 3.72. The van der Waals surface area contributed by atoms with Gasteiger partial charge in [0.1, 0.15) is 5.82 Å². The standard InChI is InChI=1S/C15H17FN2/c1-15(11-17,9-12-4-3-7-18-10-12)13-5-2-6-14(16)8-13/h2-8,10H,9,11,17H2,1H3. The summed E-state index contributed by atoms with van der Waals surface area (Å²) < 4.78 is 13.3. The number of hydrogen-bond acceptors (Lipinski definition) is 2. The second kappa shape index (κ2) is 5.27. The molecule has 2 aromatic rings. The zero-order valence-corrected chi connectivity index (χ0v) is 10.4. The molecule has 18 heavy (non-hydrogen) atoms. The molecular weight excluding hydrogens is 227 g/mol. The molecule has 0 amide bonds. The van der Waals surface area contributed by atoms with Crippen LogP contribution >= 0.6 is 0 Å². The molecule has 1 heterocycles. The van der Waals surface area contributed by atoms with Gasteiger partial charge < -0.3 is 5.73 Å². The molecule has 94 valence electrons. The number of nitrogens with zero attached hydrogens (tertiary/aromatic N) is 1. The molecule has 2 N–H and O–H groups in total. The van der Waals surface area contributed by atoms with Crippen molar-refractivity contribution in [1.29, 1.82) is 0 Å². The van der Waals surface area contributed by atoms with Crippen molar-refractivity contribution in [2.75, 3.05) is 6.54 Å². The minimum absolute atomic E-state index is 0.224. The van der Waals surface area contributed by atoms with Crippen LogP contribution in [0.3, 0.4) is 0 Å². The van der Waals surface area contributed by atoms with Gasteiger partial charge >= 0.3 is 0 Å². The van der Waals surface area contributed by atoms with Gasteiger partial charge in [-0.15, -0.1) is 0 Å². The second-order valence-corrected chi connectivity index (χ2v) is 4.81. The van der Waals surface area contributed by atoms with Crippen molar-refractivity contribution in [3.63, 3.8) is 0 Å². The number of benzene rings is 1. The van der Waals surface area contributed by atoms with Gasteiger partial charge in [0.15, 0.2) is 0 Å². The van der Waals surface area contributed by atoms with E-state index in [-0.39, 0.29) is 11.2 Å². The Morgan fingerprint density at radius 2 is 2.11 bits per heavy atom. The monoisotopic (exact) mass is 244 g/mol. The Hall–Kier alpha value is -1.74. The molecule has 0 spiro atoms. The van der Waals surface area contributed by atoms with Crippen LogP contribution in [0.25, 0.3) is 0 Å². The van der Waals surface area contributed by atoms with Gasteiger partial charge in [-0.3, -0.25) is 4.98 Å². The van der Waals surface area contributed by atoms with Crippen molar-refractivity contribution >= 4 is 0 Å². The molecule has 1 aromatic carbocycles. The summed E-state index contributed by atoms with van der Waals surface area (Å²) in [4.78, 5) is 4.10. The predicted octanol–water partition coefficient (Wildman–Crippen LogP) is 2.68. The van der Waals surface area contributed by atoms with Crippen LogP contribution in [0.4, 0.5) is 4.39 Å². The van der Waals surface area contributed by atoms with E-state index in [1.54, 1.807) is 18.3 Å². The minimum atomic E-state index is -0.273. The fourth-order valence-electron chi connectivity index (χ4n) is 2.11. The van der Waals surface area contributed by atoms with Crippen molar-refractivity contribution in [2.24, 2.45) is 5.73 Å². The number of nitrogens with two attached hydrogens (primary N) is 1. The van der Waals surface area contributed by atoms with Gasteiger partial charge in [0.2, 0.25) is 0 Å². The molecule has 1 unspecified atom stereocenters. The Balaban J connectivity index is 2.31. The first-order valence-corrected chi connectivity index (χ1v) is 5.99. The Bertz CT molecular complexity index is 513. The van der Waals surface area contributed by atoms with E-state index in [9.17, 15) is 4.39 Å². The van der Waals surface area contributed by atoms with Crippen molar-refractivity contribution in [2.45, 2.75) is 18.8 Å². The highest BCUT2D eigenvalue weighted by atomic mass is 19.1. The summed E-state index contributed by atoms with van der Waals surface area (Å²) in [5, 5.41) is 0. The van der Waals surface area contributed by atoms with Crippen LogP contribution in [0.15, 0.2) is 48.8 Å². The van der Waals surface area contributed by atoms with Gasteiger partial charge in [-0.05, 0) is 35.7 Å². The van der Waals surface area contributed by atoms with E-state index < -0.39 is 0 Å². The zero-order valence-electron chi connectivity index (χ0n) is 10.4. The van der Waals surface area contributed by atoms with Gasteiger partial charge in [-0.25, -0.2) is 4.39 Å². The van der Waals surface area contributed by atoms with Crippen molar-refractivity contribution in [1.82, 2.24) is 4.98 Å². The lowest BCUT2D eigenvalue weighted by Crippen LogP contribution is -2.34. The van der Waals surface area contributed by atoms with E-state index in [0.29, 0.717) is 6.54 Å². The molecule has 0 aliphatic rings. The first-order valence-electron chi connectivity index (χ1n) is 5.99. The number of rotatable bonds is 4. The van der Waals surface area contributed by atoms with Crippen LogP contribution in [0.2, 0.25) is 0 Å². The molecule has 0 bridgehead atoms. The molecule has 1 aromatic heterocycles. The average molecular weight is 244 g/mol. The van der Waals surface area contributed by atoms with Gasteiger partial charge in [0.25, 0.3) is 0 Å². The fourth-order valence-corrected chi connectivity index (χ4v) is 2.11. The molecule has 2 rings (SSSR count).